The van der Waals surface area contributed by atoms with Crippen LogP contribution in [0.2, 0.25) is 0 Å². The van der Waals surface area contributed by atoms with E-state index in [2.05, 4.69) is 6.58 Å². The summed E-state index contributed by atoms with van der Waals surface area (Å²) in [6.45, 7) is 3.64. The van der Waals surface area contributed by atoms with E-state index in [4.69, 9.17) is 10.5 Å². The van der Waals surface area contributed by atoms with E-state index in [1.54, 1.807) is 48.5 Å². The summed E-state index contributed by atoms with van der Waals surface area (Å²) < 4.78 is 5.07. The Morgan fingerprint density at radius 3 is 2.10 bits per heavy atom. The van der Waals surface area contributed by atoms with Crippen LogP contribution < -0.4 is 5.73 Å². The number of amides is 1. The molecule has 2 aromatic carbocycles. The summed E-state index contributed by atoms with van der Waals surface area (Å²) in [5.41, 5.74) is 7.35. The van der Waals surface area contributed by atoms with Crippen molar-refractivity contribution >= 4 is 11.9 Å². The Labute approximate surface area is 122 Å². The predicted molar refractivity (Wildman–Crippen MR) is 80.9 cm³/mol. The van der Waals surface area contributed by atoms with Crippen molar-refractivity contribution in [2.75, 3.05) is 6.61 Å². The second-order valence-corrected chi connectivity index (χ2v) is 4.34. The molecule has 1 amide bonds. The summed E-state index contributed by atoms with van der Waals surface area (Å²) in [7, 11) is 0. The quantitative estimate of drug-likeness (QED) is 0.676. The highest BCUT2D eigenvalue weighted by Crippen LogP contribution is 2.27. The fourth-order valence-corrected chi connectivity index (χ4v) is 2.04. The van der Waals surface area contributed by atoms with Crippen LogP contribution >= 0.6 is 0 Å². The van der Waals surface area contributed by atoms with Gasteiger partial charge in [-0.05, 0) is 23.3 Å². The molecule has 0 atom stereocenters. The number of carbonyl (C=O) groups is 2. The molecule has 21 heavy (non-hydrogen) atoms. The van der Waals surface area contributed by atoms with Gasteiger partial charge in [0.05, 0.1) is 5.56 Å². The molecule has 0 fully saturated rings. The van der Waals surface area contributed by atoms with Gasteiger partial charge < -0.3 is 10.5 Å². The molecule has 2 rings (SSSR count). The molecule has 106 valence electrons. The standard InChI is InChI=1S/C17H15NO3/c1-2-11-21-17(20)15-10-6-4-8-13(15)12-7-3-5-9-14(12)16(18)19/h2-10H,1,11H2,(H2,18,19). The van der Waals surface area contributed by atoms with Crippen molar-refractivity contribution in [2.45, 2.75) is 0 Å². The molecule has 0 spiro atoms. The topological polar surface area (TPSA) is 69.4 Å². The molecule has 0 aliphatic rings. The average Bonchev–Trinajstić information content (AvgIpc) is 2.52. The maximum absolute atomic E-state index is 12.1. The van der Waals surface area contributed by atoms with Crippen LogP contribution in [0.15, 0.2) is 61.2 Å². The zero-order valence-electron chi connectivity index (χ0n) is 11.4. The zero-order valence-corrected chi connectivity index (χ0v) is 11.4. The largest absolute Gasteiger partial charge is 0.458 e. The molecular weight excluding hydrogens is 266 g/mol. The molecule has 4 nitrogen and oxygen atoms in total. The first kappa shape index (κ1) is 14.5. The van der Waals surface area contributed by atoms with Crippen molar-refractivity contribution in [3.05, 3.63) is 72.3 Å². The lowest BCUT2D eigenvalue weighted by atomic mass is 9.95. The fourth-order valence-electron chi connectivity index (χ4n) is 2.04. The van der Waals surface area contributed by atoms with Gasteiger partial charge in [-0.3, -0.25) is 4.79 Å². The Hall–Kier alpha value is -2.88. The molecule has 0 saturated heterocycles. The second kappa shape index (κ2) is 6.52. The minimum absolute atomic E-state index is 0.130. The molecule has 0 aliphatic heterocycles. The fraction of sp³-hybridized carbons (Fsp3) is 0.0588. The highest BCUT2D eigenvalue weighted by atomic mass is 16.5. The van der Waals surface area contributed by atoms with E-state index in [9.17, 15) is 9.59 Å². The molecule has 0 unspecified atom stereocenters. The van der Waals surface area contributed by atoms with E-state index in [0.29, 0.717) is 22.3 Å². The van der Waals surface area contributed by atoms with Gasteiger partial charge in [-0.15, -0.1) is 0 Å². The van der Waals surface area contributed by atoms with Crippen molar-refractivity contribution < 1.29 is 14.3 Å². The lowest BCUT2D eigenvalue weighted by molar-refractivity contribution is 0.0550. The van der Waals surface area contributed by atoms with Gasteiger partial charge >= 0.3 is 5.97 Å². The number of hydrogen-bond donors (Lipinski definition) is 1. The minimum Gasteiger partial charge on any atom is -0.458 e. The van der Waals surface area contributed by atoms with Gasteiger partial charge in [-0.2, -0.15) is 0 Å². The highest BCUT2D eigenvalue weighted by molar-refractivity contribution is 6.04. The Balaban J connectivity index is 2.53. The summed E-state index contributed by atoms with van der Waals surface area (Å²) in [6.07, 6.45) is 1.50. The van der Waals surface area contributed by atoms with E-state index < -0.39 is 11.9 Å². The van der Waals surface area contributed by atoms with Gasteiger partial charge in [-0.25, -0.2) is 4.79 Å². The monoisotopic (exact) mass is 281 g/mol. The number of primary amides is 1. The summed E-state index contributed by atoms with van der Waals surface area (Å²) in [6, 6.07) is 13.8. The van der Waals surface area contributed by atoms with Gasteiger partial charge in [-0.1, -0.05) is 49.1 Å². The number of rotatable bonds is 5. The highest BCUT2D eigenvalue weighted by Gasteiger charge is 2.17. The predicted octanol–water partition coefficient (Wildman–Crippen LogP) is 2.80. The van der Waals surface area contributed by atoms with Gasteiger partial charge in [0, 0.05) is 5.56 Å². The summed E-state index contributed by atoms with van der Waals surface area (Å²) >= 11 is 0. The van der Waals surface area contributed by atoms with Gasteiger partial charge in [0.2, 0.25) is 5.91 Å². The molecular formula is C17H15NO3. The van der Waals surface area contributed by atoms with E-state index in [1.807, 2.05) is 0 Å². The number of carbonyl (C=O) groups excluding carboxylic acids is 2. The number of hydrogen-bond acceptors (Lipinski definition) is 3. The van der Waals surface area contributed by atoms with Crippen LogP contribution in [-0.2, 0) is 4.74 Å². The van der Waals surface area contributed by atoms with Crippen molar-refractivity contribution in [3.63, 3.8) is 0 Å². The first-order chi connectivity index (χ1) is 10.1. The maximum atomic E-state index is 12.1. The van der Waals surface area contributed by atoms with E-state index >= 15 is 0 Å². The Morgan fingerprint density at radius 2 is 1.52 bits per heavy atom. The number of ether oxygens (including phenoxy) is 1. The molecule has 0 radical (unpaired) electrons. The normalized spacial score (nSPS) is 9.90. The minimum atomic E-state index is -0.542. The molecule has 0 bridgehead atoms. The van der Waals surface area contributed by atoms with E-state index in [1.165, 1.54) is 6.08 Å². The lowest BCUT2D eigenvalue weighted by Crippen LogP contribution is -2.13. The number of nitrogens with two attached hydrogens (primary N) is 1. The van der Waals surface area contributed by atoms with E-state index in [0.717, 1.165) is 0 Å². The molecule has 2 aromatic rings. The molecule has 0 heterocycles. The third kappa shape index (κ3) is 3.17. The summed E-state index contributed by atoms with van der Waals surface area (Å²) in [4.78, 5) is 23.6. The maximum Gasteiger partial charge on any atom is 0.339 e. The van der Waals surface area contributed by atoms with Crippen molar-refractivity contribution in [1.82, 2.24) is 0 Å². The Morgan fingerprint density at radius 1 is 1.00 bits per heavy atom. The van der Waals surface area contributed by atoms with Crippen LogP contribution in [0.25, 0.3) is 11.1 Å². The third-order valence-corrected chi connectivity index (χ3v) is 2.96. The molecule has 0 saturated carbocycles. The Kier molecular flexibility index (Phi) is 4.51. The third-order valence-electron chi connectivity index (χ3n) is 2.96. The number of benzene rings is 2. The molecule has 0 aliphatic carbocycles. The van der Waals surface area contributed by atoms with Crippen LogP contribution in [0.4, 0.5) is 0 Å². The lowest BCUT2D eigenvalue weighted by Gasteiger charge is -2.11. The molecule has 0 aromatic heterocycles. The SMILES string of the molecule is C=CCOC(=O)c1ccccc1-c1ccccc1C(N)=O. The van der Waals surface area contributed by atoms with Crippen LogP contribution in [-0.4, -0.2) is 18.5 Å². The zero-order chi connectivity index (χ0) is 15.2. The first-order valence-electron chi connectivity index (χ1n) is 6.41. The van der Waals surface area contributed by atoms with Crippen molar-refractivity contribution in [1.29, 1.82) is 0 Å². The number of esters is 1. The van der Waals surface area contributed by atoms with Gasteiger partial charge in [0.25, 0.3) is 0 Å². The van der Waals surface area contributed by atoms with Gasteiger partial charge in [0.1, 0.15) is 6.61 Å². The smallest absolute Gasteiger partial charge is 0.339 e. The first-order valence-corrected chi connectivity index (χ1v) is 6.41. The molecule has 4 heteroatoms. The van der Waals surface area contributed by atoms with E-state index in [-0.39, 0.29) is 6.61 Å². The molecule has 2 N–H and O–H groups in total. The summed E-state index contributed by atoms with van der Waals surface area (Å²) in [5, 5.41) is 0. The van der Waals surface area contributed by atoms with Crippen molar-refractivity contribution in [2.24, 2.45) is 5.73 Å². The van der Waals surface area contributed by atoms with Crippen LogP contribution in [0, 0.1) is 0 Å². The van der Waals surface area contributed by atoms with Crippen molar-refractivity contribution in [3.8, 4) is 11.1 Å². The van der Waals surface area contributed by atoms with Crippen LogP contribution in [0.1, 0.15) is 20.7 Å². The second-order valence-electron chi connectivity index (χ2n) is 4.34. The van der Waals surface area contributed by atoms with Crippen LogP contribution in [0.3, 0.4) is 0 Å². The van der Waals surface area contributed by atoms with Crippen LogP contribution in [0.5, 0.6) is 0 Å². The van der Waals surface area contributed by atoms with Gasteiger partial charge in [0.15, 0.2) is 0 Å². The Bertz CT molecular complexity index is 692. The average molecular weight is 281 g/mol. The summed E-state index contributed by atoms with van der Waals surface area (Å²) in [5.74, 6) is -1.01.